The number of benzene rings is 2. The van der Waals surface area contributed by atoms with Crippen LogP contribution in [-0.4, -0.2) is 13.3 Å². The van der Waals surface area contributed by atoms with E-state index in [0.717, 1.165) is 6.07 Å². The Labute approximate surface area is 136 Å². The van der Waals surface area contributed by atoms with Crippen molar-refractivity contribution in [2.45, 2.75) is 11.8 Å². The molecule has 0 saturated carbocycles. The highest BCUT2D eigenvalue weighted by Crippen LogP contribution is 2.29. The number of hydrogen-bond donors (Lipinski definition) is 1. The van der Waals surface area contributed by atoms with Gasteiger partial charge in [0, 0.05) is 11.1 Å². The third-order valence-corrected chi connectivity index (χ3v) is 4.79. The Bertz CT molecular complexity index is 853. The molecule has 116 valence electrons. The van der Waals surface area contributed by atoms with E-state index in [9.17, 15) is 18.5 Å². The number of nitro benzene ring substituents is 1. The molecule has 0 aliphatic heterocycles. The summed E-state index contributed by atoms with van der Waals surface area (Å²) in [6.45, 7) is 1.71. The number of hydrogen-bond acceptors (Lipinski definition) is 4. The van der Waals surface area contributed by atoms with E-state index in [1.165, 1.54) is 18.2 Å². The quantitative estimate of drug-likeness (QED) is 0.658. The summed E-state index contributed by atoms with van der Waals surface area (Å²) in [6, 6.07) is 8.01. The number of rotatable bonds is 4. The van der Waals surface area contributed by atoms with E-state index in [2.05, 4.69) is 4.72 Å². The first-order valence-electron chi connectivity index (χ1n) is 5.93. The number of nitrogens with zero attached hydrogens (tertiary/aromatic N) is 1. The molecule has 0 spiro atoms. The van der Waals surface area contributed by atoms with Gasteiger partial charge in [0.2, 0.25) is 0 Å². The van der Waals surface area contributed by atoms with Gasteiger partial charge in [-0.15, -0.1) is 0 Å². The largest absolute Gasteiger partial charge is 0.289 e. The Hall–Kier alpha value is -1.83. The zero-order chi connectivity index (χ0) is 16.5. The van der Waals surface area contributed by atoms with Crippen molar-refractivity contribution in [3.63, 3.8) is 0 Å². The molecule has 2 rings (SSSR count). The van der Waals surface area contributed by atoms with Gasteiger partial charge < -0.3 is 0 Å². The van der Waals surface area contributed by atoms with Crippen molar-refractivity contribution in [1.82, 2.24) is 0 Å². The molecule has 0 heterocycles. The average Bonchev–Trinajstić information content (AvgIpc) is 2.42. The van der Waals surface area contributed by atoms with E-state index in [1.54, 1.807) is 19.1 Å². The number of anilines is 1. The Balaban J connectivity index is 2.45. The Kier molecular flexibility index (Phi) is 4.60. The van der Waals surface area contributed by atoms with Crippen LogP contribution in [0, 0.1) is 17.0 Å². The smallest absolute Gasteiger partial charge is 0.279 e. The van der Waals surface area contributed by atoms with Crippen molar-refractivity contribution >= 4 is 44.6 Å². The monoisotopic (exact) mass is 360 g/mol. The van der Waals surface area contributed by atoms with E-state index in [-0.39, 0.29) is 9.92 Å². The molecule has 0 bridgehead atoms. The number of sulfonamides is 1. The third kappa shape index (κ3) is 3.49. The Morgan fingerprint density at radius 2 is 1.82 bits per heavy atom. The first-order valence-corrected chi connectivity index (χ1v) is 8.17. The average molecular weight is 361 g/mol. The summed E-state index contributed by atoms with van der Waals surface area (Å²) < 4.78 is 27.0. The lowest BCUT2D eigenvalue weighted by Gasteiger charge is -2.11. The molecule has 0 amide bonds. The molecule has 2 aromatic rings. The van der Waals surface area contributed by atoms with E-state index in [0.29, 0.717) is 16.3 Å². The van der Waals surface area contributed by atoms with Gasteiger partial charge in [0.05, 0.1) is 15.5 Å². The van der Waals surface area contributed by atoms with E-state index < -0.39 is 20.6 Å². The fraction of sp³-hybridized carbons (Fsp3) is 0.0769. The molecule has 9 heteroatoms. The van der Waals surface area contributed by atoms with Crippen molar-refractivity contribution in [3.8, 4) is 0 Å². The number of halogens is 2. The van der Waals surface area contributed by atoms with Crippen molar-refractivity contribution < 1.29 is 13.3 Å². The minimum atomic E-state index is -4.00. The van der Waals surface area contributed by atoms with E-state index >= 15 is 0 Å². The normalized spacial score (nSPS) is 11.2. The minimum absolute atomic E-state index is 0.136. The standard InChI is InChI=1S/C13H10Cl2N2O4S/c1-8-2-3-9(14)6-12(8)16-22(20,21)10-4-5-11(15)13(7-10)17(18)19/h2-7,16H,1H3. The molecule has 0 radical (unpaired) electrons. The lowest BCUT2D eigenvalue weighted by molar-refractivity contribution is -0.384. The van der Waals surface area contributed by atoms with Crippen LogP contribution in [0.3, 0.4) is 0 Å². The van der Waals surface area contributed by atoms with Crippen LogP contribution < -0.4 is 4.72 Å². The summed E-state index contributed by atoms with van der Waals surface area (Å²) in [5.41, 5.74) is 0.480. The van der Waals surface area contributed by atoms with Gasteiger partial charge in [-0.2, -0.15) is 0 Å². The van der Waals surface area contributed by atoms with Gasteiger partial charge in [-0.3, -0.25) is 14.8 Å². The second kappa shape index (κ2) is 6.12. The SMILES string of the molecule is Cc1ccc(Cl)cc1NS(=O)(=O)c1ccc(Cl)c([N+](=O)[O-])c1. The highest BCUT2D eigenvalue weighted by Gasteiger charge is 2.21. The van der Waals surface area contributed by atoms with Crippen LogP contribution in [0.5, 0.6) is 0 Å². The molecule has 0 fully saturated rings. The molecule has 2 aromatic carbocycles. The molecular weight excluding hydrogens is 351 g/mol. The summed E-state index contributed by atoms with van der Waals surface area (Å²) in [5, 5.41) is 11.1. The second-order valence-electron chi connectivity index (χ2n) is 4.44. The van der Waals surface area contributed by atoms with Crippen LogP contribution in [-0.2, 0) is 10.0 Å². The van der Waals surface area contributed by atoms with E-state index in [4.69, 9.17) is 23.2 Å². The van der Waals surface area contributed by atoms with Crippen LogP contribution >= 0.6 is 23.2 Å². The van der Waals surface area contributed by atoms with Crippen LogP contribution in [0.1, 0.15) is 5.56 Å². The highest BCUT2D eigenvalue weighted by atomic mass is 35.5. The second-order valence-corrected chi connectivity index (χ2v) is 6.96. The highest BCUT2D eigenvalue weighted by molar-refractivity contribution is 7.92. The maximum atomic E-state index is 12.3. The summed E-state index contributed by atoms with van der Waals surface area (Å²) >= 11 is 11.5. The molecular formula is C13H10Cl2N2O4S. The fourth-order valence-corrected chi connectivity index (χ4v) is 3.21. The summed E-state index contributed by atoms with van der Waals surface area (Å²) in [6.07, 6.45) is 0. The van der Waals surface area contributed by atoms with Gasteiger partial charge in [-0.25, -0.2) is 8.42 Å². The fourth-order valence-electron chi connectivity index (χ4n) is 1.71. The van der Waals surface area contributed by atoms with Gasteiger partial charge in [0.1, 0.15) is 5.02 Å². The van der Waals surface area contributed by atoms with Gasteiger partial charge in [0.15, 0.2) is 0 Å². The zero-order valence-electron chi connectivity index (χ0n) is 11.2. The molecule has 1 N–H and O–H groups in total. The van der Waals surface area contributed by atoms with Crippen LogP contribution in [0.2, 0.25) is 10.0 Å². The van der Waals surface area contributed by atoms with Gasteiger partial charge >= 0.3 is 0 Å². The molecule has 0 aliphatic carbocycles. The third-order valence-electron chi connectivity index (χ3n) is 2.87. The molecule has 6 nitrogen and oxygen atoms in total. The molecule has 0 atom stereocenters. The molecule has 22 heavy (non-hydrogen) atoms. The number of nitrogens with one attached hydrogen (secondary N) is 1. The number of nitro groups is 1. The van der Waals surface area contributed by atoms with Crippen LogP contribution in [0.4, 0.5) is 11.4 Å². The Morgan fingerprint density at radius 3 is 2.45 bits per heavy atom. The summed E-state index contributed by atoms with van der Waals surface area (Å²) in [4.78, 5) is 9.84. The molecule has 0 unspecified atom stereocenters. The van der Waals surface area contributed by atoms with Crippen molar-refractivity contribution in [3.05, 3.63) is 62.1 Å². The lowest BCUT2D eigenvalue weighted by atomic mass is 10.2. The van der Waals surface area contributed by atoms with E-state index in [1.807, 2.05) is 0 Å². The predicted molar refractivity (Wildman–Crippen MR) is 85.1 cm³/mol. The maximum Gasteiger partial charge on any atom is 0.289 e. The first kappa shape index (κ1) is 16.5. The molecule has 0 aromatic heterocycles. The minimum Gasteiger partial charge on any atom is -0.279 e. The molecule has 0 saturated heterocycles. The first-order chi connectivity index (χ1) is 10.2. The maximum absolute atomic E-state index is 12.3. The number of aryl methyl sites for hydroxylation is 1. The lowest BCUT2D eigenvalue weighted by Crippen LogP contribution is -2.14. The summed E-state index contributed by atoms with van der Waals surface area (Å²) in [7, 11) is -4.00. The van der Waals surface area contributed by atoms with Gasteiger partial charge in [-0.05, 0) is 36.8 Å². The molecule has 0 aliphatic rings. The zero-order valence-corrected chi connectivity index (χ0v) is 13.5. The van der Waals surface area contributed by atoms with Crippen molar-refractivity contribution in [2.75, 3.05) is 4.72 Å². The van der Waals surface area contributed by atoms with Crippen molar-refractivity contribution in [2.24, 2.45) is 0 Å². The summed E-state index contributed by atoms with van der Waals surface area (Å²) in [5.74, 6) is 0. The van der Waals surface area contributed by atoms with Crippen molar-refractivity contribution in [1.29, 1.82) is 0 Å². The van der Waals surface area contributed by atoms with Gasteiger partial charge in [-0.1, -0.05) is 29.3 Å². The topological polar surface area (TPSA) is 89.3 Å². The predicted octanol–water partition coefficient (Wildman–Crippen LogP) is 4.01. The van der Waals surface area contributed by atoms with Gasteiger partial charge in [0.25, 0.3) is 15.7 Å². The van der Waals surface area contributed by atoms with Crippen LogP contribution in [0.15, 0.2) is 41.3 Å². The van der Waals surface area contributed by atoms with Crippen LogP contribution in [0.25, 0.3) is 0 Å². The Morgan fingerprint density at radius 1 is 1.14 bits per heavy atom.